The summed E-state index contributed by atoms with van der Waals surface area (Å²) in [6.45, 7) is 9.80. The van der Waals surface area contributed by atoms with Crippen LogP contribution in [0.25, 0.3) is 0 Å². The number of aliphatic hydroxyl groups excluding tert-OH is 1. The maximum atomic E-state index is 12.7. The van der Waals surface area contributed by atoms with Crippen molar-refractivity contribution in [2.75, 3.05) is 18.4 Å². The molecule has 0 bridgehead atoms. The molecule has 1 amide bonds. The fraction of sp³-hybridized carbons (Fsp3) is 0.611. The molecule has 2 rings (SSSR count). The number of aliphatic hydroxyl groups is 1. The van der Waals surface area contributed by atoms with Gasteiger partial charge in [0.1, 0.15) is 0 Å². The maximum absolute atomic E-state index is 12.7. The second-order valence-electron chi connectivity index (χ2n) is 6.68. The molecule has 2 N–H and O–H groups in total. The Morgan fingerprint density at radius 2 is 1.91 bits per heavy atom. The number of carbonyl (C=O) groups is 1. The first kappa shape index (κ1) is 16.8. The van der Waals surface area contributed by atoms with E-state index in [4.69, 9.17) is 0 Å². The van der Waals surface area contributed by atoms with Gasteiger partial charge in [0, 0.05) is 30.4 Å². The van der Waals surface area contributed by atoms with Gasteiger partial charge >= 0.3 is 0 Å². The minimum absolute atomic E-state index is 0.0743. The van der Waals surface area contributed by atoms with Gasteiger partial charge in [0.25, 0.3) is 5.91 Å². The van der Waals surface area contributed by atoms with Gasteiger partial charge in [-0.3, -0.25) is 4.79 Å². The number of rotatable bonds is 4. The molecule has 0 spiro atoms. The van der Waals surface area contributed by atoms with Crippen molar-refractivity contribution < 1.29 is 9.90 Å². The number of carbonyl (C=O) groups excluding carboxylic acids is 1. The summed E-state index contributed by atoms with van der Waals surface area (Å²) in [4.78, 5) is 14.6. The Labute approximate surface area is 133 Å². The maximum Gasteiger partial charge on any atom is 0.254 e. The molecule has 1 aliphatic rings. The SMILES string of the molecule is Cc1c(N[C@@H](C)C(C)C)cccc1C(=O)N1CCC(O)CC1. The Kier molecular flexibility index (Phi) is 5.46. The van der Waals surface area contributed by atoms with Crippen LogP contribution in [0.15, 0.2) is 18.2 Å². The molecule has 1 aliphatic heterocycles. The molecule has 1 heterocycles. The Balaban J connectivity index is 2.16. The van der Waals surface area contributed by atoms with Crippen molar-refractivity contribution in [3.63, 3.8) is 0 Å². The van der Waals surface area contributed by atoms with E-state index in [-0.39, 0.29) is 12.0 Å². The highest BCUT2D eigenvalue weighted by Crippen LogP contribution is 2.23. The van der Waals surface area contributed by atoms with Crippen LogP contribution < -0.4 is 5.32 Å². The van der Waals surface area contributed by atoms with Crippen molar-refractivity contribution in [2.45, 2.75) is 52.7 Å². The summed E-state index contributed by atoms with van der Waals surface area (Å²) in [5.74, 6) is 0.604. The summed E-state index contributed by atoms with van der Waals surface area (Å²) in [6.07, 6.45) is 1.09. The highest BCUT2D eigenvalue weighted by molar-refractivity contribution is 5.97. The van der Waals surface area contributed by atoms with Crippen molar-refractivity contribution in [3.05, 3.63) is 29.3 Å². The van der Waals surface area contributed by atoms with Crippen LogP contribution in [0.4, 0.5) is 5.69 Å². The van der Waals surface area contributed by atoms with Crippen LogP contribution >= 0.6 is 0 Å². The number of benzene rings is 1. The van der Waals surface area contributed by atoms with Gasteiger partial charge in [0.05, 0.1) is 6.10 Å². The van der Waals surface area contributed by atoms with Crippen molar-refractivity contribution in [3.8, 4) is 0 Å². The summed E-state index contributed by atoms with van der Waals surface area (Å²) in [5.41, 5.74) is 2.80. The zero-order valence-corrected chi connectivity index (χ0v) is 14.1. The number of nitrogens with one attached hydrogen (secondary N) is 1. The molecule has 0 aliphatic carbocycles. The predicted octanol–water partition coefficient (Wildman–Crippen LogP) is 3.05. The van der Waals surface area contributed by atoms with Crippen molar-refractivity contribution >= 4 is 11.6 Å². The molecule has 4 nitrogen and oxygen atoms in total. The third kappa shape index (κ3) is 3.80. The molecule has 1 atom stereocenters. The van der Waals surface area contributed by atoms with E-state index in [1.165, 1.54) is 0 Å². The molecular weight excluding hydrogens is 276 g/mol. The second kappa shape index (κ2) is 7.14. The molecule has 1 fully saturated rings. The van der Waals surface area contributed by atoms with Gasteiger partial charge < -0.3 is 15.3 Å². The molecule has 0 radical (unpaired) electrons. The normalized spacial score (nSPS) is 17.6. The molecular formula is C18H28N2O2. The van der Waals surface area contributed by atoms with Crippen LogP contribution in [-0.2, 0) is 0 Å². The molecule has 1 aromatic carbocycles. The Morgan fingerprint density at radius 3 is 2.50 bits per heavy atom. The van der Waals surface area contributed by atoms with Crippen LogP contribution in [0, 0.1) is 12.8 Å². The largest absolute Gasteiger partial charge is 0.393 e. The standard InChI is InChI=1S/C18H28N2O2/c1-12(2)14(4)19-17-7-5-6-16(13(17)3)18(22)20-10-8-15(21)9-11-20/h5-7,12,14-15,19,21H,8-11H2,1-4H3/t14-/m0/s1. The van der Waals surface area contributed by atoms with Crippen LogP contribution in [-0.4, -0.2) is 41.1 Å². The molecule has 0 saturated carbocycles. The lowest BCUT2D eigenvalue weighted by atomic mass is 10.0. The summed E-state index contributed by atoms with van der Waals surface area (Å²) < 4.78 is 0. The molecule has 1 aromatic rings. The van der Waals surface area contributed by atoms with Gasteiger partial charge in [-0.2, -0.15) is 0 Å². The predicted molar refractivity (Wildman–Crippen MR) is 90.2 cm³/mol. The van der Waals surface area contributed by atoms with E-state index in [9.17, 15) is 9.90 Å². The number of likely N-dealkylation sites (tertiary alicyclic amines) is 1. The fourth-order valence-electron chi connectivity index (χ4n) is 2.67. The minimum Gasteiger partial charge on any atom is -0.393 e. The van der Waals surface area contributed by atoms with Gasteiger partial charge in [-0.1, -0.05) is 19.9 Å². The fourth-order valence-corrected chi connectivity index (χ4v) is 2.67. The second-order valence-corrected chi connectivity index (χ2v) is 6.68. The van der Waals surface area contributed by atoms with Gasteiger partial charge in [-0.15, -0.1) is 0 Å². The van der Waals surface area contributed by atoms with Crippen LogP contribution in [0.1, 0.15) is 49.5 Å². The van der Waals surface area contributed by atoms with Gasteiger partial charge in [-0.25, -0.2) is 0 Å². The van der Waals surface area contributed by atoms with Gasteiger partial charge in [0.2, 0.25) is 0 Å². The first-order valence-electron chi connectivity index (χ1n) is 8.23. The van der Waals surface area contributed by atoms with Crippen LogP contribution in [0.5, 0.6) is 0 Å². The number of piperidine rings is 1. The highest BCUT2D eigenvalue weighted by Gasteiger charge is 2.24. The molecule has 4 heteroatoms. The van der Waals surface area contributed by atoms with E-state index >= 15 is 0 Å². The number of hydrogen-bond donors (Lipinski definition) is 2. The molecule has 22 heavy (non-hydrogen) atoms. The van der Waals surface area contributed by atoms with Crippen LogP contribution in [0.3, 0.4) is 0 Å². The molecule has 1 saturated heterocycles. The molecule has 0 unspecified atom stereocenters. The van der Waals surface area contributed by atoms with Crippen molar-refractivity contribution in [1.29, 1.82) is 0 Å². The minimum atomic E-state index is -0.259. The highest BCUT2D eigenvalue weighted by atomic mass is 16.3. The summed E-state index contributed by atoms with van der Waals surface area (Å²) >= 11 is 0. The number of anilines is 1. The van der Waals surface area contributed by atoms with E-state index in [2.05, 4.69) is 26.1 Å². The molecule has 0 aromatic heterocycles. The Bertz CT molecular complexity index is 520. The van der Waals surface area contributed by atoms with E-state index in [1.807, 2.05) is 30.0 Å². The van der Waals surface area contributed by atoms with Gasteiger partial charge in [0.15, 0.2) is 0 Å². The van der Waals surface area contributed by atoms with E-state index in [0.717, 1.165) is 16.8 Å². The number of hydrogen-bond acceptors (Lipinski definition) is 3. The lowest BCUT2D eigenvalue weighted by molar-refractivity contribution is 0.0546. The Hall–Kier alpha value is -1.55. The summed E-state index contributed by atoms with van der Waals surface area (Å²) in [5, 5.41) is 13.1. The average Bonchev–Trinajstić information content (AvgIpc) is 2.49. The lowest BCUT2D eigenvalue weighted by Crippen LogP contribution is -2.40. The van der Waals surface area contributed by atoms with Crippen LogP contribution in [0.2, 0.25) is 0 Å². The Morgan fingerprint density at radius 1 is 1.27 bits per heavy atom. The third-order valence-electron chi connectivity index (χ3n) is 4.70. The van der Waals surface area contributed by atoms with Crippen molar-refractivity contribution in [1.82, 2.24) is 4.90 Å². The van der Waals surface area contributed by atoms with Crippen molar-refractivity contribution in [2.24, 2.45) is 5.92 Å². The lowest BCUT2D eigenvalue weighted by Gasteiger charge is -2.30. The molecule has 122 valence electrons. The first-order chi connectivity index (χ1) is 10.4. The zero-order valence-electron chi connectivity index (χ0n) is 14.1. The monoisotopic (exact) mass is 304 g/mol. The zero-order chi connectivity index (χ0) is 16.3. The first-order valence-corrected chi connectivity index (χ1v) is 8.23. The van der Waals surface area contributed by atoms with E-state index < -0.39 is 0 Å². The third-order valence-corrected chi connectivity index (χ3v) is 4.70. The summed E-state index contributed by atoms with van der Waals surface area (Å²) in [7, 11) is 0. The smallest absolute Gasteiger partial charge is 0.254 e. The summed E-state index contributed by atoms with van der Waals surface area (Å²) in [6, 6.07) is 6.22. The number of nitrogens with zero attached hydrogens (tertiary/aromatic N) is 1. The van der Waals surface area contributed by atoms with E-state index in [0.29, 0.717) is 37.9 Å². The number of amides is 1. The average molecular weight is 304 g/mol. The van der Waals surface area contributed by atoms with Gasteiger partial charge in [-0.05, 0) is 50.3 Å². The topological polar surface area (TPSA) is 52.6 Å². The van der Waals surface area contributed by atoms with E-state index in [1.54, 1.807) is 0 Å². The quantitative estimate of drug-likeness (QED) is 0.899.